The lowest BCUT2D eigenvalue weighted by Gasteiger charge is -2.19. The lowest BCUT2D eigenvalue weighted by molar-refractivity contribution is -0.140. The second kappa shape index (κ2) is 12.3. The lowest BCUT2D eigenvalue weighted by atomic mass is 10.1. The molecule has 1 aliphatic heterocycles. The van der Waals surface area contributed by atoms with E-state index in [1.807, 2.05) is 49.4 Å². The minimum atomic E-state index is -0.826. The van der Waals surface area contributed by atoms with Crippen molar-refractivity contribution in [2.45, 2.75) is 32.7 Å². The number of likely N-dealkylation sites (N-methyl/N-ethyl adjacent to an activating group) is 1. The molecule has 3 aromatic rings. The van der Waals surface area contributed by atoms with Gasteiger partial charge in [0.15, 0.2) is 0 Å². The number of carbonyl (C=O) groups excluding carboxylic acids is 3. The molecule has 0 saturated carbocycles. The number of rotatable bonds is 6. The van der Waals surface area contributed by atoms with Gasteiger partial charge in [0.25, 0.3) is 11.8 Å². The highest BCUT2D eigenvalue weighted by Crippen LogP contribution is 2.29. The molecule has 0 unspecified atom stereocenters. The summed E-state index contributed by atoms with van der Waals surface area (Å²) in [6, 6.07) is 16.2. The van der Waals surface area contributed by atoms with Gasteiger partial charge in [-0.15, -0.1) is 10.2 Å². The van der Waals surface area contributed by atoms with E-state index in [1.165, 1.54) is 11.8 Å². The maximum Gasteiger partial charge on any atom is 0.302 e. The zero-order valence-corrected chi connectivity index (χ0v) is 20.0. The van der Waals surface area contributed by atoms with Gasteiger partial charge in [0.1, 0.15) is 24.2 Å². The van der Waals surface area contributed by atoms with Gasteiger partial charge in [-0.25, -0.2) is 0 Å². The molecule has 10 heteroatoms. The first-order chi connectivity index (χ1) is 16.9. The van der Waals surface area contributed by atoms with Crippen LogP contribution in [0.1, 0.15) is 42.3 Å². The molecule has 184 valence electrons. The quantitative estimate of drug-likeness (QED) is 0.520. The Hall–Kier alpha value is -4.21. The second-order valence-electron chi connectivity index (χ2n) is 7.82. The van der Waals surface area contributed by atoms with Crippen LogP contribution in [-0.4, -0.2) is 59.3 Å². The summed E-state index contributed by atoms with van der Waals surface area (Å²) in [6.45, 7) is 3.96. The number of hydrogen-bond acceptors (Lipinski definition) is 7. The smallest absolute Gasteiger partial charge is 0.302 e. The number of H-pyrrole nitrogens is 1. The molecule has 2 heterocycles. The van der Waals surface area contributed by atoms with E-state index in [-0.39, 0.29) is 24.3 Å². The Bertz CT molecular complexity index is 1150. The molecule has 1 aliphatic rings. The van der Waals surface area contributed by atoms with Crippen LogP contribution in [0.4, 0.5) is 5.69 Å². The normalized spacial score (nSPS) is 14.5. The van der Waals surface area contributed by atoms with Crippen molar-refractivity contribution < 1.29 is 23.9 Å². The van der Waals surface area contributed by atoms with Crippen molar-refractivity contribution in [3.63, 3.8) is 0 Å². The number of aromatic nitrogens is 3. The van der Waals surface area contributed by atoms with E-state index in [2.05, 4.69) is 25.2 Å². The van der Waals surface area contributed by atoms with Gasteiger partial charge in [-0.3, -0.25) is 14.4 Å². The number of benzene rings is 2. The average Bonchev–Trinajstić information content (AvgIpc) is 3.30. The van der Waals surface area contributed by atoms with Crippen molar-refractivity contribution >= 4 is 23.5 Å². The fourth-order valence-electron chi connectivity index (χ4n) is 3.30. The summed E-state index contributed by atoms with van der Waals surface area (Å²) < 4.78 is 10.3. The van der Waals surface area contributed by atoms with Gasteiger partial charge in [0.2, 0.25) is 5.82 Å². The molecule has 2 N–H and O–H groups in total. The molecule has 1 aromatic heterocycles. The lowest BCUT2D eigenvalue weighted by Crippen LogP contribution is -2.49. The van der Waals surface area contributed by atoms with Gasteiger partial charge >= 0.3 is 5.97 Å². The predicted octanol–water partition coefficient (Wildman–Crippen LogP) is 2.51. The number of nitrogens with zero attached hydrogens (tertiary/aromatic N) is 3. The monoisotopic (exact) mass is 479 g/mol. The summed E-state index contributed by atoms with van der Waals surface area (Å²) in [5.74, 6) is 0.268. The summed E-state index contributed by atoms with van der Waals surface area (Å²) in [6.07, 6.45) is 1.43. The molecule has 4 rings (SSSR count). The minimum absolute atomic E-state index is 0.0386. The molecule has 0 bridgehead atoms. The van der Waals surface area contributed by atoms with E-state index in [4.69, 9.17) is 4.74 Å². The van der Waals surface area contributed by atoms with Crippen LogP contribution < -0.4 is 15.0 Å². The molecule has 2 amide bonds. The van der Waals surface area contributed by atoms with Crippen molar-refractivity contribution in [2.24, 2.45) is 0 Å². The highest BCUT2D eigenvalue weighted by Gasteiger charge is 2.31. The number of aromatic amines is 1. The van der Waals surface area contributed by atoms with Gasteiger partial charge in [0, 0.05) is 20.4 Å². The maximum atomic E-state index is 12.7. The summed E-state index contributed by atoms with van der Waals surface area (Å²) in [7, 11) is 1.65. The maximum absolute atomic E-state index is 12.7. The number of anilines is 1. The topological polar surface area (TPSA) is 127 Å². The first-order valence-corrected chi connectivity index (χ1v) is 11.3. The number of carbonyl (C=O) groups is 3. The third-order valence-electron chi connectivity index (χ3n) is 5.04. The molecule has 0 radical (unpaired) electrons. The highest BCUT2D eigenvalue weighted by atomic mass is 16.5. The standard InChI is InChI=1S/C20H19N5O3.C5H10O2/c1-25-15-9-5-6-10-16(15)28-12-14(20(25)27)21-19(26)18-22-17(23-24-18)11-13-7-3-2-4-8-13;1-3-4-7-5(2)6/h2-10,14H,11-12H2,1H3,(H,21,26)(H,22,23,24);3-4H2,1-2H3/t14-;/m0./s1. The molecule has 2 aromatic carbocycles. The van der Waals surface area contributed by atoms with Gasteiger partial charge in [-0.05, 0) is 24.1 Å². The van der Waals surface area contributed by atoms with E-state index in [1.54, 1.807) is 19.2 Å². The minimum Gasteiger partial charge on any atom is -0.489 e. The number of para-hydroxylation sites is 2. The Morgan fingerprint density at radius 1 is 1.14 bits per heavy atom. The third kappa shape index (κ3) is 7.13. The SMILES string of the molecule is CCCOC(C)=O.CN1C(=O)[C@@H](NC(=O)c2nnc(Cc3ccccc3)[nH]2)COc2ccccc21. The summed E-state index contributed by atoms with van der Waals surface area (Å²) in [5.41, 5.74) is 1.71. The van der Waals surface area contributed by atoms with Crippen molar-refractivity contribution in [2.75, 3.05) is 25.2 Å². The molecule has 0 spiro atoms. The fourth-order valence-corrected chi connectivity index (χ4v) is 3.30. The van der Waals surface area contributed by atoms with E-state index in [0.29, 0.717) is 30.3 Å². The van der Waals surface area contributed by atoms with Gasteiger partial charge < -0.3 is 24.7 Å². The number of ether oxygens (including phenoxy) is 2. The molecule has 0 saturated heterocycles. The van der Waals surface area contributed by atoms with Crippen LogP contribution in [0.15, 0.2) is 54.6 Å². The number of amides is 2. The van der Waals surface area contributed by atoms with E-state index in [0.717, 1.165) is 12.0 Å². The first kappa shape index (κ1) is 25.4. The molecular formula is C25H29N5O5. The first-order valence-electron chi connectivity index (χ1n) is 11.3. The molecule has 0 fully saturated rings. The molecule has 0 aliphatic carbocycles. The van der Waals surface area contributed by atoms with E-state index < -0.39 is 11.9 Å². The predicted molar refractivity (Wildman–Crippen MR) is 129 cm³/mol. The van der Waals surface area contributed by atoms with Gasteiger partial charge in [-0.2, -0.15) is 0 Å². The van der Waals surface area contributed by atoms with Crippen molar-refractivity contribution in [3.8, 4) is 5.75 Å². The van der Waals surface area contributed by atoms with E-state index >= 15 is 0 Å². The molecule has 1 atom stereocenters. The molecule has 35 heavy (non-hydrogen) atoms. The Labute approximate surface area is 203 Å². The summed E-state index contributed by atoms with van der Waals surface area (Å²) in [5, 5.41) is 10.6. The molecule has 10 nitrogen and oxygen atoms in total. The number of esters is 1. The summed E-state index contributed by atoms with van der Waals surface area (Å²) >= 11 is 0. The third-order valence-corrected chi connectivity index (χ3v) is 5.04. The van der Waals surface area contributed by atoms with Gasteiger partial charge in [0.05, 0.1) is 12.3 Å². The molecular weight excluding hydrogens is 450 g/mol. The highest BCUT2D eigenvalue weighted by molar-refractivity contribution is 6.02. The second-order valence-corrected chi connectivity index (χ2v) is 7.82. The van der Waals surface area contributed by atoms with Gasteiger partial charge in [-0.1, -0.05) is 49.4 Å². The number of fused-ring (bicyclic) bond motifs is 1. The Morgan fingerprint density at radius 3 is 2.54 bits per heavy atom. The van der Waals surface area contributed by atoms with Crippen LogP contribution in [0.5, 0.6) is 5.75 Å². The zero-order chi connectivity index (χ0) is 25.2. The number of nitrogens with one attached hydrogen (secondary N) is 2. The zero-order valence-electron chi connectivity index (χ0n) is 20.0. The van der Waals surface area contributed by atoms with Crippen molar-refractivity contribution in [1.29, 1.82) is 0 Å². The Kier molecular flexibility index (Phi) is 8.94. The van der Waals surface area contributed by atoms with Crippen molar-refractivity contribution in [1.82, 2.24) is 20.5 Å². The fraction of sp³-hybridized carbons (Fsp3) is 0.320. The van der Waals surface area contributed by atoms with Crippen LogP contribution in [0, 0.1) is 0 Å². The Morgan fingerprint density at radius 2 is 1.86 bits per heavy atom. The number of hydrogen-bond donors (Lipinski definition) is 2. The van der Waals surface area contributed by atoms with Crippen LogP contribution in [0.3, 0.4) is 0 Å². The van der Waals surface area contributed by atoms with E-state index in [9.17, 15) is 14.4 Å². The largest absolute Gasteiger partial charge is 0.489 e. The van der Waals surface area contributed by atoms with Crippen LogP contribution in [-0.2, 0) is 20.7 Å². The van der Waals surface area contributed by atoms with Crippen LogP contribution >= 0.6 is 0 Å². The van der Waals surface area contributed by atoms with Crippen molar-refractivity contribution in [3.05, 3.63) is 71.8 Å². The summed E-state index contributed by atoms with van der Waals surface area (Å²) in [4.78, 5) is 39.6. The van der Waals surface area contributed by atoms with Crippen LogP contribution in [0.25, 0.3) is 0 Å². The van der Waals surface area contributed by atoms with Crippen LogP contribution in [0.2, 0.25) is 0 Å². The Balaban J connectivity index is 0.000000429. The average molecular weight is 480 g/mol.